The quantitative estimate of drug-likeness (QED) is 0.365. The third kappa shape index (κ3) is 5.16. The second-order valence-corrected chi connectivity index (χ2v) is 8.86. The lowest BCUT2D eigenvalue weighted by molar-refractivity contribution is -0.180. The Bertz CT molecular complexity index is 1150. The third-order valence-corrected chi connectivity index (χ3v) is 6.44. The average Bonchev–Trinajstić information content (AvgIpc) is 3.26. The fourth-order valence-corrected chi connectivity index (χ4v) is 4.47. The number of amides is 1. The Balaban J connectivity index is 1.35. The van der Waals surface area contributed by atoms with Crippen LogP contribution in [-0.4, -0.2) is 53.0 Å². The molecule has 0 saturated carbocycles. The molecule has 1 N–H and O–H groups in total. The summed E-state index contributed by atoms with van der Waals surface area (Å²) in [6.07, 6.45) is -4.38. The molecule has 0 aromatic heterocycles. The van der Waals surface area contributed by atoms with E-state index in [0.29, 0.717) is 5.56 Å². The van der Waals surface area contributed by atoms with Crippen LogP contribution in [0, 0.1) is 5.82 Å². The molecule has 2 saturated heterocycles. The SMILES string of the molecule is O=C(OC(c1ccccc1)c1ccccc1)[C@H](O)[C@H](OCc1ccc(F)cc1)[C@H]1CN2C(=O)C[C@@H]2O1. The number of hydrogen-bond acceptors (Lipinski definition) is 6. The van der Waals surface area contributed by atoms with Crippen LogP contribution in [-0.2, 0) is 30.4 Å². The minimum Gasteiger partial charge on any atom is -0.451 e. The van der Waals surface area contributed by atoms with Crippen molar-refractivity contribution in [2.45, 2.75) is 43.7 Å². The van der Waals surface area contributed by atoms with Gasteiger partial charge in [-0.15, -0.1) is 0 Å². The molecule has 2 aliphatic heterocycles. The monoisotopic (exact) mass is 491 g/mol. The summed E-state index contributed by atoms with van der Waals surface area (Å²) < 4.78 is 31.0. The molecular formula is C28H26FNO6. The smallest absolute Gasteiger partial charge is 0.338 e. The molecule has 0 unspecified atom stereocenters. The minimum atomic E-state index is -1.68. The molecule has 2 aliphatic rings. The minimum absolute atomic E-state index is 0.00849. The molecule has 3 aromatic rings. The highest BCUT2D eigenvalue weighted by Crippen LogP contribution is 2.33. The summed E-state index contributed by atoms with van der Waals surface area (Å²) in [6.45, 7) is 0.206. The van der Waals surface area contributed by atoms with Gasteiger partial charge in [0.2, 0.25) is 5.91 Å². The number of rotatable bonds is 9. The summed E-state index contributed by atoms with van der Waals surface area (Å²) in [4.78, 5) is 26.7. The van der Waals surface area contributed by atoms with E-state index in [9.17, 15) is 19.1 Å². The lowest BCUT2D eigenvalue weighted by Crippen LogP contribution is -2.49. The van der Waals surface area contributed by atoms with Gasteiger partial charge in [-0.25, -0.2) is 9.18 Å². The van der Waals surface area contributed by atoms with Crippen molar-refractivity contribution in [3.05, 3.63) is 107 Å². The van der Waals surface area contributed by atoms with Crippen molar-refractivity contribution in [2.75, 3.05) is 6.54 Å². The van der Waals surface area contributed by atoms with Gasteiger partial charge in [0.25, 0.3) is 0 Å². The Kier molecular flexibility index (Phi) is 7.09. The van der Waals surface area contributed by atoms with Gasteiger partial charge < -0.3 is 24.2 Å². The maximum absolute atomic E-state index is 13.3. The molecule has 0 aliphatic carbocycles. The summed E-state index contributed by atoms with van der Waals surface area (Å²) >= 11 is 0. The lowest BCUT2D eigenvalue weighted by Gasteiger charge is -2.31. The molecule has 2 fully saturated rings. The summed E-state index contributed by atoms with van der Waals surface area (Å²) in [5, 5.41) is 11.1. The number of esters is 1. The number of carbonyl (C=O) groups excluding carboxylic acids is 2. The van der Waals surface area contributed by atoms with Crippen molar-refractivity contribution >= 4 is 11.9 Å². The zero-order valence-electron chi connectivity index (χ0n) is 19.4. The number of aliphatic hydroxyl groups excluding tert-OH is 1. The normalized spacial score (nSPS) is 20.5. The van der Waals surface area contributed by atoms with Gasteiger partial charge in [0.1, 0.15) is 24.3 Å². The van der Waals surface area contributed by atoms with Crippen LogP contribution in [0.5, 0.6) is 0 Å². The van der Waals surface area contributed by atoms with Crippen molar-refractivity contribution in [3.63, 3.8) is 0 Å². The molecule has 8 heteroatoms. The van der Waals surface area contributed by atoms with Crippen LogP contribution in [0.15, 0.2) is 84.9 Å². The maximum Gasteiger partial charge on any atom is 0.338 e. The van der Waals surface area contributed by atoms with Crippen LogP contribution < -0.4 is 0 Å². The number of nitrogens with zero attached hydrogens (tertiary/aromatic N) is 1. The maximum atomic E-state index is 13.3. The predicted molar refractivity (Wildman–Crippen MR) is 127 cm³/mol. The number of ether oxygens (including phenoxy) is 3. The predicted octanol–water partition coefficient (Wildman–Crippen LogP) is 3.36. The molecule has 0 spiro atoms. The van der Waals surface area contributed by atoms with E-state index >= 15 is 0 Å². The van der Waals surface area contributed by atoms with Crippen LogP contribution in [0.3, 0.4) is 0 Å². The molecular weight excluding hydrogens is 465 g/mol. The van der Waals surface area contributed by atoms with Gasteiger partial charge in [-0.05, 0) is 28.8 Å². The highest BCUT2D eigenvalue weighted by molar-refractivity contribution is 5.83. The first-order valence-corrected chi connectivity index (χ1v) is 11.8. The standard InChI is InChI=1S/C28H26FNO6/c29-21-13-11-18(12-14-21)17-34-27(22-16-30-23(31)15-24(30)35-22)25(32)28(33)36-26(19-7-3-1-4-8-19)20-9-5-2-6-10-20/h1-14,22,24-27,32H,15-17H2/t22-,24+,25-,27-/m1/s1. The van der Waals surface area contributed by atoms with E-state index in [4.69, 9.17) is 14.2 Å². The molecule has 7 nitrogen and oxygen atoms in total. The Morgan fingerprint density at radius 3 is 2.17 bits per heavy atom. The average molecular weight is 492 g/mol. The second-order valence-electron chi connectivity index (χ2n) is 8.86. The largest absolute Gasteiger partial charge is 0.451 e. The van der Waals surface area contributed by atoms with Gasteiger partial charge in [-0.1, -0.05) is 72.8 Å². The van der Waals surface area contributed by atoms with E-state index in [1.165, 1.54) is 12.1 Å². The molecule has 2 heterocycles. The van der Waals surface area contributed by atoms with Crippen molar-refractivity contribution in [3.8, 4) is 0 Å². The lowest BCUT2D eigenvalue weighted by atomic mass is 10.0. The second kappa shape index (κ2) is 10.6. The molecule has 5 rings (SSSR count). The molecule has 1 amide bonds. The van der Waals surface area contributed by atoms with Crippen molar-refractivity contribution < 1.29 is 33.3 Å². The number of carbonyl (C=O) groups is 2. The molecule has 186 valence electrons. The summed E-state index contributed by atoms with van der Waals surface area (Å²) in [6, 6.07) is 24.2. The van der Waals surface area contributed by atoms with Crippen LogP contribution in [0.1, 0.15) is 29.2 Å². The Morgan fingerprint density at radius 2 is 1.61 bits per heavy atom. The van der Waals surface area contributed by atoms with E-state index in [-0.39, 0.29) is 37.5 Å². The first-order chi connectivity index (χ1) is 17.5. The molecule has 3 aromatic carbocycles. The van der Waals surface area contributed by atoms with Crippen molar-refractivity contribution in [2.24, 2.45) is 0 Å². The molecule has 0 bridgehead atoms. The summed E-state index contributed by atoms with van der Waals surface area (Å²) in [5.74, 6) is -1.31. The number of benzene rings is 3. The van der Waals surface area contributed by atoms with E-state index < -0.39 is 30.4 Å². The van der Waals surface area contributed by atoms with Gasteiger partial charge in [0, 0.05) is 0 Å². The van der Waals surface area contributed by atoms with E-state index in [0.717, 1.165) is 11.1 Å². The van der Waals surface area contributed by atoms with Gasteiger partial charge in [-0.2, -0.15) is 0 Å². The Labute approximate surface area is 208 Å². The molecule has 4 atom stereocenters. The number of hydrogen-bond donors (Lipinski definition) is 1. The highest BCUT2D eigenvalue weighted by atomic mass is 19.1. The number of aliphatic hydroxyl groups is 1. The summed E-state index contributed by atoms with van der Waals surface area (Å²) in [7, 11) is 0. The Morgan fingerprint density at radius 1 is 1.00 bits per heavy atom. The Hall–Kier alpha value is -3.59. The van der Waals surface area contributed by atoms with Crippen molar-refractivity contribution in [1.29, 1.82) is 0 Å². The van der Waals surface area contributed by atoms with Gasteiger partial charge in [0.15, 0.2) is 12.2 Å². The third-order valence-electron chi connectivity index (χ3n) is 6.44. The van der Waals surface area contributed by atoms with Gasteiger partial charge in [0.05, 0.1) is 19.6 Å². The van der Waals surface area contributed by atoms with E-state index in [1.54, 1.807) is 17.0 Å². The van der Waals surface area contributed by atoms with Crippen LogP contribution in [0.25, 0.3) is 0 Å². The zero-order chi connectivity index (χ0) is 25.1. The van der Waals surface area contributed by atoms with Crippen LogP contribution in [0.4, 0.5) is 4.39 Å². The first-order valence-electron chi connectivity index (χ1n) is 11.8. The van der Waals surface area contributed by atoms with E-state index in [2.05, 4.69) is 0 Å². The number of β-lactam (4-membered cyclic amide) rings is 1. The number of halogens is 1. The fourth-order valence-electron chi connectivity index (χ4n) is 4.47. The van der Waals surface area contributed by atoms with Gasteiger partial charge >= 0.3 is 5.97 Å². The van der Waals surface area contributed by atoms with Crippen LogP contribution in [0.2, 0.25) is 0 Å². The summed E-state index contributed by atoms with van der Waals surface area (Å²) in [5.41, 5.74) is 2.16. The number of fused-ring (bicyclic) bond motifs is 1. The fraction of sp³-hybridized carbons (Fsp3) is 0.286. The topological polar surface area (TPSA) is 85.3 Å². The zero-order valence-corrected chi connectivity index (χ0v) is 19.4. The van der Waals surface area contributed by atoms with Crippen LogP contribution >= 0.6 is 0 Å². The molecule has 36 heavy (non-hydrogen) atoms. The first kappa shape index (κ1) is 24.1. The highest BCUT2D eigenvalue weighted by Gasteiger charge is 2.50. The van der Waals surface area contributed by atoms with Crippen molar-refractivity contribution in [1.82, 2.24) is 4.90 Å². The van der Waals surface area contributed by atoms with E-state index in [1.807, 2.05) is 60.7 Å². The van der Waals surface area contributed by atoms with Gasteiger partial charge in [-0.3, -0.25) is 4.79 Å². The molecule has 0 radical (unpaired) electrons.